The number of carboxylic acids is 1. The number of anilines is 1. The molecule has 0 radical (unpaired) electrons. The molecule has 0 saturated carbocycles. The Hall–Kier alpha value is -2.57. The van der Waals surface area contributed by atoms with Crippen molar-refractivity contribution in [3.8, 4) is 0 Å². The predicted molar refractivity (Wildman–Crippen MR) is 96.9 cm³/mol. The molecule has 3 amide bonds. The Bertz CT molecular complexity index is 677. The fourth-order valence-corrected chi connectivity index (χ4v) is 3.64. The van der Waals surface area contributed by atoms with Gasteiger partial charge in [-0.15, -0.1) is 0 Å². The number of rotatable bonds is 4. The van der Waals surface area contributed by atoms with Gasteiger partial charge in [0.1, 0.15) is 0 Å². The van der Waals surface area contributed by atoms with Gasteiger partial charge in [-0.1, -0.05) is 18.2 Å². The van der Waals surface area contributed by atoms with E-state index in [4.69, 9.17) is 5.11 Å². The van der Waals surface area contributed by atoms with Gasteiger partial charge >= 0.3 is 12.0 Å². The van der Waals surface area contributed by atoms with Crippen molar-refractivity contribution >= 4 is 23.6 Å². The molecule has 7 heteroatoms. The third-order valence-electron chi connectivity index (χ3n) is 5.13. The summed E-state index contributed by atoms with van der Waals surface area (Å²) < 4.78 is 0. The van der Waals surface area contributed by atoms with Crippen LogP contribution < -0.4 is 5.32 Å². The normalized spacial score (nSPS) is 18.0. The van der Waals surface area contributed by atoms with Crippen LogP contribution in [0.2, 0.25) is 0 Å². The zero-order chi connectivity index (χ0) is 18.5. The van der Waals surface area contributed by atoms with Gasteiger partial charge in [0.15, 0.2) is 0 Å². The minimum atomic E-state index is -0.930. The molecule has 0 aliphatic carbocycles. The number of hydrogen-bond donors (Lipinski definition) is 2. The number of nitrogens with one attached hydrogen (secondary N) is 1. The standard InChI is InChI=1S/C19H25N3O4/c23-17(24)13-15-5-1-2-6-16(15)20-18(25)14-7-11-22(12-8-14)19(26)21-9-3-4-10-21/h1-2,5-6,14H,3-4,7-13H2,(H,20,25)(H,23,24). The molecular weight excluding hydrogens is 334 g/mol. The van der Waals surface area contributed by atoms with E-state index in [1.54, 1.807) is 24.3 Å². The van der Waals surface area contributed by atoms with E-state index in [0.717, 1.165) is 25.9 Å². The van der Waals surface area contributed by atoms with Gasteiger partial charge in [0.2, 0.25) is 5.91 Å². The lowest BCUT2D eigenvalue weighted by molar-refractivity contribution is -0.136. The van der Waals surface area contributed by atoms with Crippen molar-refractivity contribution in [2.75, 3.05) is 31.5 Å². The molecule has 2 saturated heterocycles. The van der Waals surface area contributed by atoms with Gasteiger partial charge in [-0.2, -0.15) is 0 Å². The van der Waals surface area contributed by atoms with Crippen LogP contribution in [0.1, 0.15) is 31.2 Å². The molecule has 2 fully saturated rings. The molecule has 140 valence electrons. The number of carboxylic acid groups (broad SMARTS) is 1. The summed E-state index contributed by atoms with van der Waals surface area (Å²) in [5, 5.41) is 11.9. The summed E-state index contributed by atoms with van der Waals surface area (Å²) in [6.07, 6.45) is 3.28. The third-order valence-corrected chi connectivity index (χ3v) is 5.13. The van der Waals surface area contributed by atoms with Gasteiger partial charge in [-0.3, -0.25) is 9.59 Å². The van der Waals surface area contributed by atoms with Crippen molar-refractivity contribution in [2.24, 2.45) is 5.92 Å². The number of benzene rings is 1. The summed E-state index contributed by atoms with van der Waals surface area (Å²) in [5.74, 6) is -1.19. The second kappa shape index (κ2) is 8.21. The first-order valence-electron chi connectivity index (χ1n) is 9.19. The average Bonchev–Trinajstić information content (AvgIpc) is 3.17. The molecule has 1 aromatic carbocycles. The first kappa shape index (κ1) is 18.2. The van der Waals surface area contributed by atoms with E-state index in [2.05, 4.69) is 5.32 Å². The number of urea groups is 1. The molecular formula is C19H25N3O4. The SMILES string of the molecule is O=C(O)Cc1ccccc1NC(=O)C1CCN(C(=O)N2CCCC2)CC1. The Labute approximate surface area is 153 Å². The van der Waals surface area contributed by atoms with E-state index in [0.29, 0.717) is 37.2 Å². The molecule has 2 aliphatic rings. The van der Waals surface area contributed by atoms with Crippen molar-refractivity contribution in [1.82, 2.24) is 9.80 Å². The first-order valence-corrected chi connectivity index (χ1v) is 9.19. The Balaban J connectivity index is 1.54. The van der Waals surface area contributed by atoms with E-state index >= 15 is 0 Å². The Kier molecular flexibility index (Phi) is 5.75. The highest BCUT2D eigenvalue weighted by Gasteiger charge is 2.30. The van der Waals surface area contributed by atoms with Crippen LogP contribution in [0, 0.1) is 5.92 Å². The highest BCUT2D eigenvalue weighted by Crippen LogP contribution is 2.23. The maximum Gasteiger partial charge on any atom is 0.319 e. The maximum atomic E-state index is 12.6. The number of carbonyl (C=O) groups is 3. The molecule has 0 spiro atoms. The number of nitrogens with zero attached hydrogens (tertiary/aromatic N) is 2. The lowest BCUT2D eigenvalue weighted by Crippen LogP contribution is -2.47. The van der Waals surface area contributed by atoms with Crippen molar-refractivity contribution < 1.29 is 19.5 Å². The Morgan fingerprint density at radius 1 is 1.00 bits per heavy atom. The number of amides is 3. The summed E-state index contributed by atoms with van der Waals surface area (Å²) in [4.78, 5) is 39.7. The zero-order valence-electron chi connectivity index (χ0n) is 14.8. The van der Waals surface area contributed by atoms with Gasteiger partial charge in [-0.05, 0) is 37.3 Å². The molecule has 2 heterocycles. The molecule has 0 aromatic heterocycles. The van der Waals surface area contributed by atoms with Crippen LogP contribution in [0.5, 0.6) is 0 Å². The number of hydrogen-bond acceptors (Lipinski definition) is 3. The topological polar surface area (TPSA) is 90.0 Å². The van der Waals surface area contributed by atoms with Crippen LogP contribution in [0.15, 0.2) is 24.3 Å². The molecule has 0 unspecified atom stereocenters. The molecule has 26 heavy (non-hydrogen) atoms. The monoisotopic (exact) mass is 359 g/mol. The largest absolute Gasteiger partial charge is 0.481 e. The Morgan fingerprint density at radius 3 is 2.27 bits per heavy atom. The van der Waals surface area contributed by atoms with Crippen LogP contribution in [0.4, 0.5) is 10.5 Å². The lowest BCUT2D eigenvalue weighted by Gasteiger charge is -2.34. The molecule has 0 bridgehead atoms. The number of aliphatic carboxylic acids is 1. The minimum Gasteiger partial charge on any atom is -0.481 e. The van der Waals surface area contributed by atoms with E-state index in [1.165, 1.54) is 0 Å². The second-order valence-corrected chi connectivity index (χ2v) is 6.95. The predicted octanol–water partition coefficient (Wildman–Crippen LogP) is 2.18. The minimum absolute atomic E-state index is 0.0909. The van der Waals surface area contributed by atoms with Crippen molar-refractivity contribution in [3.05, 3.63) is 29.8 Å². The van der Waals surface area contributed by atoms with Crippen LogP contribution in [0.25, 0.3) is 0 Å². The van der Waals surface area contributed by atoms with Crippen LogP contribution in [-0.2, 0) is 16.0 Å². The molecule has 2 N–H and O–H groups in total. The lowest BCUT2D eigenvalue weighted by atomic mass is 9.95. The van der Waals surface area contributed by atoms with Crippen molar-refractivity contribution in [3.63, 3.8) is 0 Å². The van der Waals surface area contributed by atoms with Gasteiger partial charge in [-0.25, -0.2) is 4.79 Å². The third kappa shape index (κ3) is 4.33. The number of piperidine rings is 1. The van der Waals surface area contributed by atoms with E-state index in [-0.39, 0.29) is 24.3 Å². The highest BCUT2D eigenvalue weighted by atomic mass is 16.4. The summed E-state index contributed by atoms with van der Waals surface area (Å²) in [5.41, 5.74) is 1.14. The molecule has 7 nitrogen and oxygen atoms in total. The van der Waals surface area contributed by atoms with Gasteiger partial charge < -0.3 is 20.2 Å². The van der Waals surface area contributed by atoms with Crippen molar-refractivity contribution in [2.45, 2.75) is 32.1 Å². The summed E-state index contributed by atoms with van der Waals surface area (Å²) in [6.45, 7) is 2.84. The molecule has 2 aliphatic heterocycles. The maximum absolute atomic E-state index is 12.6. The van der Waals surface area contributed by atoms with Crippen LogP contribution in [-0.4, -0.2) is 59.0 Å². The molecule has 1 aromatic rings. The van der Waals surface area contributed by atoms with Gasteiger partial charge in [0, 0.05) is 37.8 Å². The molecule has 0 atom stereocenters. The van der Waals surface area contributed by atoms with E-state index in [9.17, 15) is 14.4 Å². The first-order chi connectivity index (χ1) is 12.5. The fraction of sp³-hybridized carbons (Fsp3) is 0.526. The van der Waals surface area contributed by atoms with Gasteiger partial charge in [0.05, 0.1) is 6.42 Å². The van der Waals surface area contributed by atoms with E-state index < -0.39 is 5.97 Å². The van der Waals surface area contributed by atoms with E-state index in [1.807, 2.05) is 9.80 Å². The second-order valence-electron chi connectivity index (χ2n) is 6.95. The quantitative estimate of drug-likeness (QED) is 0.862. The Morgan fingerprint density at radius 2 is 1.62 bits per heavy atom. The van der Waals surface area contributed by atoms with Crippen LogP contribution >= 0.6 is 0 Å². The number of likely N-dealkylation sites (tertiary alicyclic amines) is 2. The van der Waals surface area contributed by atoms with Crippen LogP contribution in [0.3, 0.4) is 0 Å². The fourth-order valence-electron chi connectivity index (χ4n) is 3.64. The summed E-state index contributed by atoms with van der Waals surface area (Å²) in [7, 11) is 0. The van der Waals surface area contributed by atoms with Gasteiger partial charge in [0.25, 0.3) is 0 Å². The zero-order valence-corrected chi connectivity index (χ0v) is 14.8. The van der Waals surface area contributed by atoms with Crippen molar-refractivity contribution in [1.29, 1.82) is 0 Å². The number of para-hydroxylation sites is 1. The number of carbonyl (C=O) groups excluding carboxylic acids is 2. The summed E-state index contributed by atoms with van der Waals surface area (Å²) >= 11 is 0. The molecule has 3 rings (SSSR count). The highest BCUT2D eigenvalue weighted by molar-refractivity contribution is 5.94. The summed E-state index contributed by atoms with van der Waals surface area (Å²) in [6, 6.07) is 7.06. The average molecular weight is 359 g/mol. The smallest absolute Gasteiger partial charge is 0.319 e.